The summed E-state index contributed by atoms with van der Waals surface area (Å²) in [6.07, 6.45) is 2.55. The first-order valence-electron chi connectivity index (χ1n) is 6.56. The smallest absolute Gasteiger partial charge is 0.137 e. The molecule has 4 nitrogen and oxygen atoms in total. The summed E-state index contributed by atoms with van der Waals surface area (Å²) in [5.41, 5.74) is 2.50. The van der Waals surface area contributed by atoms with E-state index in [9.17, 15) is 5.11 Å². The van der Waals surface area contributed by atoms with Crippen LogP contribution in [0.15, 0.2) is 36.7 Å². The van der Waals surface area contributed by atoms with Crippen LogP contribution in [0.1, 0.15) is 29.7 Å². The van der Waals surface area contributed by atoms with Crippen molar-refractivity contribution in [3.05, 3.63) is 53.3 Å². The molecule has 1 atom stereocenters. The summed E-state index contributed by atoms with van der Waals surface area (Å²) in [6.45, 7) is 4.43. The topological polar surface area (TPSA) is 51.6 Å². The first kappa shape index (κ1) is 14.3. The number of pyridine rings is 1. The van der Waals surface area contributed by atoms with Gasteiger partial charge in [0.25, 0.3) is 0 Å². The van der Waals surface area contributed by atoms with Crippen molar-refractivity contribution < 1.29 is 14.6 Å². The number of hydrogen-bond donors (Lipinski definition) is 1. The van der Waals surface area contributed by atoms with Gasteiger partial charge in [-0.05, 0) is 43.2 Å². The quantitative estimate of drug-likeness (QED) is 0.910. The Labute approximate surface area is 119 Å². The molecule has 1 N–H and O–H groups in total. The Morgan fingerprint density at radius 3 is 2.65 bits per heavy atom. The summed E-state index contributed by atoms with van der Waals surface area (Å²) in [5.74, 6) is 1.47. The van der Waals surface area contributed by atoms with Gasteiger partial charge < -0.3 is 14.6 Å². The molecule has 0 spiro atoms. The molecule has 1 aromatic carbocycles. The lowest BCUT2D eigenvalue weighted by Gasteiger charge is -2.14. The Morgan fingerprint density at radius 2 is 2.00 bits per heavy atom. The van der Waals surface area contributed by atoms with Crippen LogP contribution >= 0.6 is 0 Å². The molecule has 0 aliphatic carbocycles. The maximum atomic E-state index is 10.4. The highest BCUT2D eigenvalue weighted by atomic mass is 16.5. The Kier molecular flexibility index (Phi) is 4.58. The molecule has 2 rings (SSSR count). The molecule has 0 saturated carbocycles. The number of aliphatic hydroxyl groups is 1. The largest absolute Gasteiger partial charge is 0.496 e. The molecule has 1 unspecified atom stereocenters. The van der Waals surface area contributed by atoms with Crippen LogP contribution in [0.5, 0.6) is 11.5 Å². The lowest BCUT2D eigenvalue weighted by Crippen LogP contribution is -2.02. The van der Waals surface area contributed by atoms with Crippen LogP contribution in [0.3, 0.4) is 0 Å². The Balaban J connectivity index is 2.28. The van der Waals surface area contributed by atoms with Gasteiger partial charge in [-0.2, -0.15) is 0 Å². The van der Waals surface area contributed by atoms with E-state index < -0.39 is 6.10 Å². The van der Waals surface area contributed by atoms with Gasteiger partial charge in [-0.3, -0.25) is 4.98 Å². The SMILES string of the molecule is CCOc1cncc(C(O)c2ccc(OC)c(C)c2)c1. The van der Waals surface area contributed by atoms with Crippen LogP contribution in [0, 0.1) is 6.92 Å². The molecule has 0 fully saturated rings. The predicted octanol–water partition coefficient (Wildman–Crippen LogP) is 2.88. The lowest BCUT2D eigenvalue weighted by atomic mass is 10.0. The van der Waals surface area contributed by atoms with Crippen LogP contribution < -0.4 is 9.47 Å². The summed E-state index contributed by atoms with van der Waals surface area (Å²) >= 11 is 0. The van der Waals surface area contributed by atoms with E-state index >= 15 is 0 Å². The van der Waals surface area contributed by atoms with Crippen LogP contribution in [0.4, 0.5) is 0 Å². The van der Waals surface area contributed by atoms with Crippen molar-refractivity contribution in [1.82, 2.24) is 4.98 Å². The summed E-state index contributed by atoms with van der Waals surface area (Å²) in [4.78, 5) is 4.10. The van der Waals surface area contributed by atoms with Crippen molar-refractivity contribution in [1.29, 1.82) is 0 Å². The van der Waals surface area contributed by atoms with Gasteiger partial charge in [-0.1, -0.05) is 6.07 Å². The zero-order valence-electron chi connectivity index (χ0n) is 12.0. The predicted molar refractivity (Wildman–Crippen MR) is 77.2 cm³/mol. The monoisotopic (exact) mass is 273 g/mol. The van der Waals surface area contributed by atoms with Gasteiger partial charge in [-0.15, -0.1) is 0 Å². The molecule has 0 saturated heterocycles. The standard InChI is InChI=1S/C16H19NO3/c1-4-20-14-8-13(9-17-10-14)16(18)12-5-6-15(19-3)11(2)7-12/h5-10,16,18H,4H2,1-3H3. The highest BCUT2D eigenvalue weighted by Crippen LogP contribution is 2.27. The Morgan fingerprint density at radius 1 is 1.20 bits per heavy atom. The number of ether oxygens (including phenoxy) is 2. The second-order valence-electron chi connectivity index (χ2n) is 4.52. The minimum Gasteiger partial charge on any atom is -0.496 e. The molecular formula is C16H19NO3. The van der Waals surface area contributed by atoms with Gasteiger partial charge in [0.1, 0.15) is 17.6 Å². The maximum absolute atomic E-state index is 10.4. The molecule has 2 aromatic rings. The van der Waals surface area contributed by atoms with Crippen molar-refractivity contribution in [2.45, 2.75) is 20.0 Å². The van der Waals surface area contributed by atoms with Crippen molar-refractivity contribution in [2.24, 2.45) is 0 Å². The second kappa shape index (κ2) is 6.39. The van der Waals surface area contributed by atoms with Crippen molar-refractivity contribution in [3.8, 4) is 11.5 Å². The summed E-state index contributed by atoms with van der Waals surface area (Å²) in [5, 5.41) is 10.4. The van der Waals surface area contributed by atoms with E-state index in [4.69, 9.17) is 9.47 Å². The van der Waals surface area contributed by atoms with Crippen molar-refractivity contribution >= 4 is 0 Å². The average Bonchev–Trinajstić information content (AvgIpc) is 2.47. The molecule has 0 aliphatic rings. The van der Waals surface area contributed by atoms with E-state index in [2.05, 4.69) is 4.98 Å². The highest BCUT2D eigenvalue weighted by molar-refractivity contribution is 5.40. The van der Waals surface area contributed by atoms with E-state index in [-0.39, 0.29) is 0 Å². The fourth-order valence-electron chi connectivity index (χ4n) is 2.09. The van der Waals surface area contributed by atoms with Gasteiger partial charge in [-0.25, -0.2) is 0 Å². The third kappa shape index (κ3) is 3.08. The number of hydrogen-bond acceptors (Lipinski definition) is 4. The third-order valence-corrected chi connectivity index (χ3v) is 3.10. The molecule has 0 radical (unpaired) electrons. The number of nitrogens with zero attached hydrogens (tertiary/aromatic N) is 1. The van der Waals surface area contributed by atoms with Crippen LogP contribution in [0.25, 0.3) is 0 Å². The number of aliphatic hydroxyl groups excluding tert-OH is 1. The fraction of sp³-hybridized carbons (Fsp3) is 0.312. The third-order valence-electron chi connectivity index (χ3n) is 3.10. The minimum absolute atomic E-state index is 0.572. The first-order chi connectivity index (χ1) is 9.65. The van der Waals surface area contributed by atoms with Gasteiger partial charge in [0.2, 0.25) is 0 Å². The molecule has 106 valence electrons. The van der Waals surface area contributed by atoms with E-state index in [1.165, 1.54) is 0 Å². The first-order valence-corrected chi connectivity index (χ1v) is 6.56. The molecular weight excluding hydrogens is 254 g/mol. The van der Waals surface area contributed by atoms with Crippen molar-refractivity contribution in [2.75, 3.05) is 13.7 Å². The lowest BCUT2D eigenvalue weighted by molar-refractivity contribution is 0.218. The number of aryl methyl sites for hydroxylation is 1. The zero-order chi connectivity index (χ0) is 14.5. The summed E-state index contributed by atoms with van der Waals surface area (Å²) in [7, 11) is 1.63. The fourth-order valence-corrected chi connectivity index (χ4v) is 2.09. The van der Waals surface area contributed by atoms with Crippen LogP contribution in [-0.4, -0.2) is 23.8 Å². The summed E-state index contributed by atoms with van der Waals surface area (Å²) in [6, 6.07) is 7.43. The maximum Gasteiger partial charge on any atom is 0.137 e. The molecule has 4 heteroatoms. The Bertz CT molecular complexity index is 584. The normalized spacial score (nSPS) is 12.0. The number of benzene rings is 1. The minimum atomic E-state index is -0.729. The number of rotatable bonds is 5. The molecule has 1 heterocycles. The molecule has 0 bridgehead atoms. The number of aromatic nitrogens is 1. The van der Waals surface area contributed by atoms with Gasteiger partial charge in [0.05, 0.1) is 19.9 Å². The molecule has 20 heavy (non-hydrogen) atoms. The van der Waals surface area contributed by atoms with E-state index in [1.807, 2.05) is 32.0 Å². The molecule has 1 aromatic heterocycles. The van der Waals surface area contributed by atoms with Gasteiger partial charge >= 0.3 is 0 Å². The highest BCUT2D eigenvalue weighted by Gasteiger charge is 2.13. The van der Waals surface area contributed by atoms with E-state index in [1.54, 1.807) is 25.6 Å². The average molecular weight is 273 g/mol. The molecule has 0 amide bonds. The molecule has 0 aliphatic heterocycles. The summed E-state index contributed by atoms with van der Waals surface area (Å²) < 4.78 is 10.6. The Hall–Kier alpha value is -2.07. The van der Waals surface area contributed by atoms with E-state index in [0.29, 0.717) is 17.9 Å². The zero-order valence-corrected chi connectivity index (χ0v) is 12.0. The van der Waals surface area contributed by atoms with Gasteiger partial charge in [0.15, 0.2) is 0 Å². The van der Waals surface area contributed by atoms with Crippen LogP contribution in [0.2, 0.25) is 0 Å². The van der Waals surface area contributed by atoms with Crippen molar-refractivity contribution in [3.63, 3.8) is 0 Å². The number of methoxy groups -OCH3 is 1. The van der Waals surface area contributed by atoms with Crippen LogP contribution in [-0.2, 0) is 0 Å². The second-order valence-corrected chi connectivity index (χ2v) is 4.52. The van der Waals surface area contributed by atoms with E-state index in [0.717, 1.165) is 16.9 Å². The van der Waals surface area contributed by atoms with Gasteiger partial charge in [0, 0.05) is 11.8 Å².